The van der Waals surface area contributed by atoms with E-state index >= 15 is 0 Å². The number of quaternary nitrogens is 1. The first-order valence-electron chi connectivity index (χ1n) is 7.70. The van der Waals surface area contributed by atoms with Gasteiger partial charge in [-0.1, -0.05) is 29.3 Å². The molecule has 1 aromatic carbocycles. The lowest BCUT2D eigenvalue weighted by Gasteiger charge is -2.22. The van der Waals surface area contributed by atoms with Crippen LogP contribution >= 0.6 is 23.2 Å². The number of hydrogen-bond donors (Lipinski definition) is 2. The number of hydrogen-bond acceptors (Lipinski definition) is 2. The summed E-state index contributed by atoms with van der Waals surface area (Å²) in [4.78, 5) is 27.1. The summed E-state index contributed by atoms with van der Waals surface area (Å²) in [5.74, 6) is 0.165. The fraction of sp³-hybridized carbons (Fsp3) is 0.500. The van der Waals surface area contributed by atoms with E-state index in [1.54, 1.807) is 6.07 Å². The van der Waals surface area contributed by atoms with Gasteiger partial charge in [-0.3, -0.25) is 4.79 Å². The average molecular weight is 357 g/mol. The number of halogens is 2. The van der Waals surface area contributed by atoms with Crippen LogP contribution in [-0.4, -0.2) is 36.1 Å². The minimum Gasteiger partial charge on any atom is -0.323 e. The van der Waals surface area contributed by atoms with Crippen LogP contribution in [0.15, 0.2) is 18.2 Å². The molecule has 1 aromatic rings. The zero-order valence-corrected chi connectivity index (χ0v) is 14.7. The number of amides is 3. The Morgan fingerprint density at radius 2 is 2.00 bits per heavy atom. The Hall–Kier alpha value is -1.30. The quantitative estimate of drug-likeness (QED) is 0.788. The molecule has 23 heavy (non-hydrogen) atoms. The normalized spacial score (nSPS) is 25.7. The molecule has 1 saturated heterocycles. The summed E-state index contributed by atoms with van der Waals surface area (Å²) in [6.07, 6.45) is 2.00. The molecule has 1 heterocycles. The molecule has 2 N–H and O–H groups in total. The molecule has 1 aliphatic carbocycles. The minimum atomic E-state index is -0.721. The summed E-state index contributed by atoms with van der Waals surface area (Å²) in [5, 5.41) is 3.89. The smallest absolute Gasteiger partial charge is 0.323 e. The third-order valence-corrected chi connectivity index (χ3v) is 5.35. The first kappa shape index (κ1) is 16.6. The minimum absolute atomic E-state index is 0.113. The second-order valence-electron chi connectivity index (χ2n) is 6.68. The van der Waals surface area contributed by atoms with Crippen LogP contribution in [0.4, 0.5) is 4.79 Å². The third kappa shape index (κ3) is 3.18. The molecule has 2 aliphatic rings. The highest BCUT2D eigenvalue weighted by Gasteiger charge is 2.56. The van der Waals surface area contributed by atoms with E-state index in [0.717, 1.165) is 23.3 Å². The highest BCUT2D eigenvalue weighted by molar-refractivity contribution is 6.42. The third-order valence-electron chi connectivity index (χ3n) is 4.61. The molecule has 0 aromatic heterocycles. The van der Waals surface area contributed by atoms with Gasteiger partial charge in [-0.25, -0.2) is 9.69 Å². The van der Waals surface area contributed by atoms with Gasteiger partial charge in [0.1, 0.15) is 12.1 Å². The van der Waals surface area contributed by atoms with Crippen LogP contribution in [0.25, 0.3) is 0 Å². The van der Waals surface area contributed by atoms with Gasteiger partial charge in [0.15, 0.2) is 6.67 Å². The molecule has 124 valence electrons. The molecule has 2 atom stereocenters. The standard InChI is InChI=1S/C16H19Cl2N3O2/c1-16(11-4-5-11)14(22)21(15(23)19-16)9-20(2)8-10-3-6-12(17)13(18)7-10/h3,6-7,11H,4-5,8-9H2,1-2H3,(H,19,23)/p+1/t16-/m1/s1. The lowest BCUT2D eigenvalue weighted by molar-refractivity contribution is -0.901. The average Bonchev–Trinajstić information content (AvgIpc) is 3.29. The first-order chi connectivity index (χ1) is 10.8. The van der Waals surface area contributed by atoms with Crippen molar-refractivity contribution in [3.05, 3.63) is 33.8 Å². The van der Waals surface area contributed by atoms with Crippen LogP contribution in [0.2, 0.25) is 10.0 Å². The molecular weight excluding hydrogens is 337 g/mol. The summed E-state index contributed by atoms with van der Waals surface area (Å²) in [6.45, 7) is 2.81. The van der Waals surface area contributed by atoms with Crippen LogP contribution in [0.3, 0.4) is 0 Å². The molecule has 3 amide bonds. The van der Waals surface area contributed by atoms with Gasteiger partial charge < -0.3 is 10.2 Å². The van der Waals surface area contributed by atoms with Crippen molar-refractivity contribution in [1.82, 2.24) is 10.2 Å². The number of carbonyl (C=O) groups is 2. The Kier molecular flexibility index (Phi) is 4.29. The van der Waals surface area contributed by atoms with Crippen molar-refractivity contribution in [2.24, 2.45) is 5.92 Å². The molecule has 1 saturated carbocycles. The van der Waals surface area contributed by atoms with Gasteiger partial charge in [-0.15, -0.1) is 0 Å². The topological polar surface area (TPSA) is 53.9 Å². The lowest BCUT2D eigenvalue weighted by Crippen LogP contribution is -3.09. The predicted octanol–water partition coefficient (Wildman–Crippen LogP) is 1.69. The molecule has 0 radical (unpaired) electrons. The van der Waals surface area contributed by atoms with Gasteiger partial charge in [0.25, 0.3) is 5.91 Å². The number of imide groups is 1. The molecule has 7 heteroatoms. The maximum atomic E-state index is 12.6. The largest absolute Gasteiger partial charge is 0.329 e. The lowest BCUT2D eigenvalue weighted by atomic mass is 9.96. The van der Waals surface area contributed by atoms with E-state index in [-0.39, 0.29) is 17.9 Å². The van der Waals surface area contributed by atoms with Gasteiger partial charge in [0.2, 0.25) is 0 Å². The van der Waals surface area contributed by atoms with E-state index in [1.807, 2.05) is 26.1 Å². The van der Waals surface area contributed by atoms with Crippen molar-refractivity contribution in [2.75, 3.05) is 13.7 Å². The number of benzene rings is 1. The molecule has 2 fully saturated rings. The van der Waals surface area contributed by atoms with Crippen molar-refractivity contribution in [3.8, 4) is 0 Å². The van der Waals surface area contributed by atoms with Crippen LogP contribution in [0, 0.1) is 5.92 Å². The predicted molar refractivity (Wildman–Crippen MR) is 88.4 cm³/mol. The SMILES string of the molecule is C[NH+](Cc1ccc(Cl)c(Cl)c1)CN1C(=O)N[C@](C)(C2CC2)C1=O. The molecule has 1 unspecified atom stereocenters. The van der Waals surface area contributed by atoms with E-state index in [0.29, 0.717) is 23.3 Å². The number of carbonyl (C=O) groups excluding carboxylic acids is 2. The van der Waals surface area contributed by atoms with Gasteiger partial charge in [0, 0.05) is 5.56 Å². The van der Waals surface area contributed by atoms with E-state index in [2.05, 4.69) is 5.32 Å². The fourth-order valence-electron chi connectivity index (χ4n) is 3.12. The highest BCUT2D eigenvalue weighted by atomic mass is 35.5. The monoisotopic (exact) mass is 356 g/mol. The Balaban J connectivity index is 1.65. The fourth-order valence-corrected chi connectivity index (χ4v) is 3.44. The molecule has 1 aliphatic heterocycles. The number of rotatable bonds is 5. The summed E-state index contributed by atoms with van der Waals surface area (Å²) in [6, 6.07) is 5.17. The van der Waals surface area contributed by atoms with Crippen molar-refractivity contribution in [1.29, 1.82) is 0 Å². The Labute approximate surface area is 145 Å². The molecule has 3 rings (SSSR count). The van der Waals surface area contributed by atoms with Crippen molar-refractivity contribution < 1.29 is 14.5 Å². The zero-order valence-electron chi connectivity index (χ0n) is 13.2. The maximum Gasteiger partial charge on any atom is 0.329 e. The summed E-state index contributed by atoms with van der Waals surface area (Å²) in [7, 11) is 1.94. The van der Waals surface area contributed by atoms with Crippen LogP contribution < -0.4 is 10.2 Å². The second-order valence-corrected chi connectivity index (χ2v) is 7.49. The summed E-state index contributed by atoms with van der Waals surface area (Å²) in [5.41, 5.74) is 0.287. The van der Waals surface area contributed by atoms with E-state index in [9.17, 15) is 9.59 Å². The highest BCUT2D eigenvalue weighted by Crippen LogP contribution is 2.42. The van der Waals surface area contributed by atoms with Gasteiger partial charge in [0.05, 0.1) is 17.1 Å². The maximum absolute atomic E-state index is 12.6. The summed E-state index contributed by atoms with van der Waals surface area (Å²) >= 11 is 11.9. The Bertz CT molecular complexity index is 663. The van der Waals surface area contributed by atoms with Crippen LogP contribution in [0.5, 0.6) is 0 Å². The van der Waals surface area contributed by atoms with Gasteiger partial charge in [-0.05, 0) is 37.8 Å². The number of urea groups is 1. The number of nitrogens with one attached hydrogen (secondary N) is 2. The molecule has 5 nitrogen and oxygen atoms in total. The van der Waals surface area contributed by atoms with Crippen molar-refractivity contribution in [2.45, 2.75) is 31.8 Å². The van der Waals surface area contributed by atoms with E-state index < -0.39 is 5.54 Å². The molecule has 0 spiro atoms. The zero-order chi connectivity index (χ0) is 16.8. The van der Waals surface area contributed by atoms with Crippen LogP contribution in [-0.2, 0) is 11.3 Å². The van der Waals surface area contributed by atoms with Crippen LogP contribution in [0.1, 0.15) is 25.3 Å². The molecule has 0 bridgehead atoms. The van der Waals surface area contributed by atoms with Gasteiger partial charge >= 0.3 is 6.03 Å². The first-order valence-corrected chi connectivity index (χ1v) is 8.46. The summed E-state index contributed by atoms with van der Waals surface area (Å²) < 4.78 is 0. The Morgan fingerprint density at radius 1 is 1.30 bits per heavy atom. The van der Waals surface area contributed by atoms with Crippen molar-refractivity contribution >= 4 is 35.1 Å². The van der Waals surface area contributed by atoms with E-state index in [4.69, 9.17) is 23.2 Å². The second kappa shape index (κ2) is 5.96. The Morgan fingerprint density at radius 3 is 2.61 bits per heavy atom. The van der Waals surface area contributed by atoms with Crippen molar-refractivity contribution in [3.63, 3.8) is 0 Å². The van der Waals surface area contributed by atoms with Gasteiger partial charge in [-0.2, -0.15) is 0 Å². The number of nitrogens with zero attached hydrogens (tertiary/aromatic N) is 1. The molecular formula is C16H20Cl2N3O2+. The van der Waals surface area contributed by atoms with E-state index in [1.165, 1.54) is 4.90 Å².